The first-order valence-electron chi connectivity index (χ1n) is 8.40. The molecule has 3 aromatic rings. The number of ether oxygens (including phenoxy) is 1. The Balaban J connectivity index is 1.60. The topological polar surface area (TPSA) is 68.5 Å². The van der Waals surface area contributed by atoms with Gasteiger partial charge in [0.05, 0.1) is 6.26 Å². The largest absolute Gasteiger partial charge is 0.457 e. The van der Waals surface area contributed by atoms with Crippen molar-refractivity contribution in [1.82, 2.24) is 5.32 Å². The molecule has 0 bridgehead atoms. The van der Waals surface area contributed by atoms with Gasteiger partial charge in [0, 0.05) is 12.1 Å². The van der Waals surface area contributed by atoms with E-state index in [1.807, 2.05) is 30.3 Å². The van der Waals surface area contributed by atoms with Crippen molar-refractivity contribution in [2.45, 2.75) is 19.6 Å². The monoisotopic (exact) mass is 367 g/mol. The summed E-state index contributed by atoms with van der Waals surface area (Å²) in [6, 6.07) is 16.7. The molecular weight excluding hydrogens is 349 g/mol. The molecule has 0 spiro atoms. The maximum Gasteiger partial charge on any atom is 0.375 e. The first-order valence-corrected chi connectivity index (χ1v) is 8.40. The molecule has 2 aromatic carbocycles. The number of carbonyl (C=O) groups excluding carboxylic acids is 2. The number of nitrogens with one attached hydrogen (secondary N) is 1. The number of rotatable bonds is 6. The molecule has 1 atom stereocenters. The SMILES string of the molecule is CC(OC(=O)c1occc1-c1ccccc1)C(=O)NCc1ccc(F)cc1. The molecule has 138 valence electrons. The van der Waals surface area contributed by atoms with Gasteiger partial charge in [-0.15, -0.1) is 0 Å². The quantitative estimate of drug-likeness (QED) is 0.670. The zero-order valence-electron chi connectivity index (χ0n) is 14.6. The molecule has 0 aliphatic carbocycles. The Hall–Kier alpha value is -3.41. The van der Waals surface area contributed by atoms with Gasteiger partial charge in [-0.25, -0.2) is 9.18 Å². The Labute approximate surface area is 155 Å². The third-order valence-electron chi connectivity index (χ3n) is 3.97. The van der Waals surface area contributed by atoms with Crippen molar-refractivity contribution in [3.63, 3.8) is 0 Å². The Kier molecular flexibility index (Phi) is 5.66. The van der Waals surface area contributed by atoms with E-state index in [9.17, 15) is 14.0 Å². The van der Waals surface area contributed by atoms with Crippen molar-refractivity contribution in [2.75, 3.05) is 0 Å². The molecule has 6 heteroatoms. The molecule has 1 unspecified atom stereocenters. The lowest BCUT2D eigenvalue weighted by Crippen LogP contribution is -2.35. The number of hydrogen-bond acceptors (Lipinski definition) is 4. The Morgan fingerprint density at radius 3 is 2.48 bits per heavy atom. The molecule has 0 radical (unpaired) electrons. The second kappa shape index (κ2) is 8.31. The molecule has 1 N–H and O–H groups in total. The summed E-state index contributed by atoms with van der Waals surface area (Å²) in [5.74, 6) is -1.48. The predicted molar refractivity (Wildman–Crippen MR) is 97.3 cm³/mol. The smallest absolute Gasteiger partial charge is 0.375 e. The van der Waals surface area contributed by atoms with Crippen molar-refractivity contribution in [3.05, 3.63) is 84.1 Å². The molecule has 0 aliphatic heterocycles. The van der Waals surface area contributed by atoms with Crippen LogP contribution >= 0.6 is 0 Å². The standard InChI is InChI=1S/C21H18FNO4/c1-14(20(24)23-13-15-7-9-17(22)10-8-15)27-21(25)19-18(11-12-26-19)16-5-3-2-4-6-16/h2-12,14H,13H2,1H3,(H,23,24). The number of benzene rings is 2. The molecular formula is C21H18FNO4. The Morgan fingerprint density at radius 1 is 1.07 bits per heavy atom. The van der Waals surface area contributed by atoms with Gasteiger partial charge in [0.25, 0.3) is 5.91 Å². The molecule has 1 amide bonds. The van der Waals surface area contributed by atoms with Crippen LogP contribution in [0, 0.1) is 5.82 Å². The number of amides is 1. The lowest BCUT2D eigenvalue weighted by molar-refractivity contribution is -0.129. The van der Waals surface area contributed by atoms with Gasteiger partial charge in [-0.05, 0) is 36.2 Å². The highest BCUT2D eigenvalue weighted by molar-refractivity contribution is 5.96. The highest BCUT2D eigenvalue weighted by atomic mass is 19.1. The minimum atomic E-state index is -1.01. The van der Waals surface area contributed by atoms with Crippen LogP contribution in [-0.2, 0) is 16.1 Å². The summed E-state index contributed by atoms with van der Waals surface area (Å²) in [6.07, 6.45) is 0.393. The zero-order valence-corrected chi connectivity index (χ0v) is 14.6. The molecule has 5 nitrogen and oxygen atoms in total. The molecule has 1 aromatic heterocycles. The van der Waals surface area contributed by atoms with Crippen molar-refractivity contribution >= 4 is 11.9 Å². The third-order valence-corrected chi connectivity index (χ3v) is 3.97. The summed E-state index contributed by atoms with van der Waals surface area (Å²) >= 11 is 0. The average Bonchev–Trinajstić information content (AvgIpc) is 3.18. The fourth-order valence-corrected chi connectivity index (χ4v) is 2.52. The van der Waals surface area contributed by atoms with Gasteiger partial charge in [-0.3, -0.25) is 4.79 Å². The van der Waals surface area contributed by atoms with Crippen LogP contribution in [0.5, 0.6) is 0 Å². The Bertz CT molecular complexity index is 919. The minimum Gasteiger partial charge on any atom is -0.457 e. The van der Waals surface area contributed by atoms with E-state index in [2.05, 4.69) is 5.32 Å². The summed E-state index contributed by atoms with van der Waals surface area (Å²) in [4.78, 5) is 24.5. The number of hydrogen-bond donors (Lipinski definition) is 1. The van der Waals surface area contributed by atoms with Gasteiger partial charge in [0.1, 0.15) is 5.82 Å². The molecule has 0 fully saturated rings. The van der Waals surface area contributed by atoms with E-state index < -0.39 is 18.0 Å². The van der Waals surface area contributed by atoms with E-state index >= 15 is 0 Å². The normalized spacial score (nSPS) is 11.6. The van der Waals surface area contributed by atoms with Gasteiger partial charge >= 0.3 is 5.97 Å². The second-order valence-corrected chi connectivity index (χ2v) is 5.92. The number of furan rings is 1. The lowest BCUT2D eigenvalue weighted by atomic mass is 10.1. The van der Waals surface area contributed by atoms with Crippen molar-refractivity contribution in [1.29, 1.82) is 0 Å². The number of halogens is 1. The van der Waals surface area contributed by atoms with Gasteiger partial charge in [0.2, 0.25) is 5.76 Å². The molecule has 27 heavy (non-hydrogen) atoms. The first-order chi connectivity index (χ1) is 13.0. The van der Waals surface area contributed by atoms with E-state index in [-0.39, 0.29) is 18.1 Å². The van der Waals surface area contributed by atoms with Gasteiger partial charge in [0.15, 0.2) is 6.10 Å². The van der Waals surface area contributed by atoms with Gasteiger partial charge in [-0.1, -0.05) is 42.5 Å². The second-order valence-electron chi connectivity index (χ2n) is 5.92. The third kappa shape index (κ3) is 4.61. The van der Waals surface area contributed by atoms with E-state index in [1.165, 1.54) is 25.3 Å². The van der Waals surface area contributed by atoms with Gasteiger partial charge in [-0.2, -0.15) is 0 Å². The maximum atomic E-state index is 12.9. The zero-order chi connectivity index (χ0) is 19.2. The van der Waals surface area contributed by atoms with Crippen molar-refractivity contribution < 1.29 is 23.1 Å². The van der Waals surface area contributed by atoms with E-state index in [0.29, 0.717) is 5.56 Å². The van der Waals surface area contributed by atoms with Crippen LogP contribution in [0.4, 0.5) is 4.39 Å². The highest BCUT2D eigenvalue weighted by Gasteiger charge is 2.23. The summed E-state index contributed by atoms with van der Waals surface area (Å²) in [5, 5.41) is 2.65. The summed E-state index contributed by atoms with van der Waals surface area (Å²) in [6.45, 7) is 1.68. The fraction of sp³-hybridized carbons (Fsp3) is 0.143. The maximum absolute atomic E-state index is 12.9. The van der Waals surface area contributed by atoms with Crippen LogP contribution in [0.3, 0.4) is 0 Å². The lowest BCUT2D eigenvalue weighted by Gasteiger charge is -2.13. The number of esters is 1. The minimum absolute atomic E-state index is 0.0411. The highest BCUT2D eigenvalue weighted by Crippen LogP contribution is 2.25. The molecule has 0 aliphatic rings. The molecule has 0 saturated carbocycles. The predicted octanol–water partition coefficient (Wildman–Crippen LogP) is 3.95. The van der Waals surface area contributed by atoms with Crippen LogP contribution in [-0.4, -0.2) is 18.0 Å². The van der Waals surface area contributed by atoms with Gasteiger partial charge < -0.3 is 14.5 Å². The van der Waals surface area contributed by atoms with E-state index in [4.69, 9.17) is 9.15 Å². The van der Waals surface area contributed by atoms with E-state index in [0.717, 1.165) is 11.1 Å². The fourth-order valence-electron chi connectivity index (χ4n) is 2.52. The van der Waals surface area contributed by atoms with E-state index in [1.54, 1.807) is 18.2 Å². The van der Waals surface area contributed by atoms with Crippen molar-refractivity contribution in [2.24, 2.45) is 0 Å². The Morgan fingerprint density at radius 2 is 1.78 bits per heavy atom. The van der Waals surface area contributed by atoms with Crippen LogP contribution < -0.4 is 5.32 Å². The summed E-state index contributed by atoms with van der Waals surface area (Å²) < 4.78 is 23.4. The van der Waals surface area contributed by atoms with Crippen LogP contribution in [0.25, 0.3) is 11.1 Å². The molecule has 3 rings (SSSR count). The van der Waals surface area contributed by atoms with Crippen LogP contribution in [0.15, 0.2) is 71.3 Å². The average molecular weight is 367 g/mol. The molecule has 1 heterocycles. The number of carbonyl (C=O) groups is 2. The summed E-state index contributed by atoms with van der Waals surface area (Å²) in [7, 11) is 0. The summed E-state index contributed by atoms with van der Waals surface area (Å²) in [5.41, 5.74) is 2.15. The van der Waals surface area contributed by atoms with Crippen LogP contribution in [0.2, 0.25) is 0 Å². The first kappa shape index (κ1) is 18.4. The van der Waals surface area contributed by atoms with Crippen molar-refractivity contribution in [3.8, 4) is 11.1 Å². The van der Waals surface area contributed by atoms with Crippen LogP contribution in [0.1, 0.15) is 23.0 Å². The molecule has 0 saturated heterocycles.